The van der Waals surface area contributed by atoms with Crippen LogP contribution in [0, 0.1) is 0 Å². The second kappa shape index (κ2) is 3.82. The monoisotopic (exact) mass is 257 g/mol. The number of hydrogen-bond acceptors (Lipinski definition) is 3. The number of carbonyl (C=O) groups excluding carboxylic acids is 1. The molecule has 1 aliphatic heterocycles. The number of hydrogen-bond donors (Lipinski definition) is 1. The highest BCUT2D eigenvalue weighted by Crippen LogP contribution is 2.23. The second-order valence-corrected chi connectivity index (χ2v) is 4.15. The fraction of sp³-hybridized carbons (Fsp3) is 0.556. The molecule has 0 unspecified atom stereocenters. The first kappa shape index (κ1) is 9.86. The number of Topliss-reactive ketones (excluding diaryl/α,β-unsaturated/α-hetero) is 1. The number of aryl methyl sites for hydroxylation is 1. The molecule has 0 radical (unpaired) electrons. The van der Waals surface area contributed by atoms with Crippen LogP contribution in [0.3, 0.4) is 0 Å². The molecule has 1 aromatic heterocycles. The lowest BCUT2D eigenvalue weighted by Crippen LogP contribution is -2.21. The Labute approximate surface area is 90.6 Å². The van der Waals surface area contributed by atoms with Gasteiger partial charge in [0, 0.05) is 13.0 Å². The molecule has 76 valence electrons. The van der Waals surface area contributed by atoms with Crippen LogP contribution in [0.5, 0.6) is 0 Å². The maximum absolute atomic E-state index is 11.6. The van der Waals surface area contributed by atoms with Crippen LogP contribution < -0.4 is 5.73 Å². The van der Waals surface area contributed by atoms with Gasteiger partial charge in [0.2, 0.25) is 0 Å². The smallest absolute Gasteiger partial charge is 0.195 e. The van der Waals surface area contributed by atoms with Crippen molar-refractivity contribution in [3.05, 3.63) is 16.1 Å². The van der Waals surface area contributed by atoms with E-state index >= 15 is 0 Å². The SMILES string of the molecule is NCC(=O)c1c(Br)nc2n1CCCC2. The molecule has 5 heteroatoms. The van der Waals surface area contributed by atoms with Crippen LogP contribution in [0.4, 0.5) is 0 Å². The lowest BCUT2D eigenvalue weighted by molar-refractivity contribution is 0.0990. The summed E-state index contributed by atoms with van der Waals surface area (Å²) in [5.74, 6) is 0.956. The summed E-state index contributed by atoms with van der Waals surface area (Å²) in [6, 6.07) is 0. The molecule has 4 nitrogen and oxygen atoms in total. The van der Waals surface area contributed by atoms with Gasteiger partial charge in [-0.1, -0.05) is 0 Å². The van der Waals surface area contributed by atoms with Gasteiger partial charge in [0.25, 0.3) is 0 Å². The number of rotatable bonds is 2. The minimum atomic E-state index is -0.0440. The number of nitrogens with zero attached hydrogens (tertiary/aromatic N) is 2. The Balaban J connectivity index is 2.47. The summed E-state index contributed by atoms with van der Waals surface area (Å²) >= 11 is 3.31. The lowest BCUT2D eigenvalue weighted by Gasteiger charge is -2.15. The number of ketones is 1. The van der Waals surface area contributed by atoms with Gasteiger partial charge in [0.1, 0.15) is 16.1 Å². The van der Waals surface area contributed by atoms with Gasteiger partial charge in [-0.05, 0) is 28.8 Å². The Hall–Kier alpha value is -0.680. The summed E-state index contributed by atoms with van der Waals surface area (Å²) in [6.07, 6.45) is 3.22. The summed E-state index contributed by atoms with van der Waals surface area (Å²) < 4.78 is 2.63. The molecule has 0 amide bonds. The van der Waals surface area contributed by atoms with Crippen molar-refractivity contribution in [3.63, 3.8) is 0 Å². The molecular weight excluding hydrogens is 246 g/mol. The van der Waals surface area contributed by atoms with Gasteiger partial charge < -0.3 is 10.3 Å². The van der Waals surface area contributed by atoms with Gasteiger partial charge in [0.15, 0.2) is 5.78 Å². The third-order valence-electron chi connectivity index (χ3n) is 2.49. The van der Waals surface area contributed by atoms with Crippen LogP contribution in [-0.4, -0.2) is 21.9 Å². The lowest BCUT2D eigenvalue weighted by atomic mass is 10.1. The van der Waals surface area contributed by atoms with Gasteiger partial charge in [-0.3, -0.25) is 4.79 Å². The summed E-state index contributed by atoms with van der Waals surface area (Å²) in [5.41, 5.74) is 5.99. The third kappa shape index (κ3) is 1.50. The van der Waals surface area contributed by atoms with Crippen molar-refractivity contribution in [2.45, 2.75) is 25.8 Å². The maximum atomic E-state index is 11.6. The Bertz CT molecular complexity index is 372. The molecule has 0 aromatic carbocycles. The van der Waals surface area contributed by atoms with Crippen molar-refractivity contribution in [1.29, 1.82) is 0 Å². The molecular formula is C9H12BrN3O. The minimum absolute atomic E-state index is 0.0440. The molecule has 0 fully saturated rings. The molecule has 0 saturated carbocycles. The second-order valence-electron chi connectivity index (χ2n) is 3.40. The van der Waals surface area contributed by atoms with E-state index in [0.29, 0.717) is 10.3 Å². The zero-order valence-electron chi connectivity index (χ0n) is 7.79. The standard InChI is InChI=1S/C9H12BrN3O/c10-9-8(6(14)5-11)13-4-2-1-3-7(13)12-9/h1-5,11H2. The van der Waals surface area contributed by atoms with Gasteiger partial charge in [-0.2, -0.15) is 0 Å². The van der Waals surface area contributed by atoms with Crippen molar-refractivity contribution < 1.29 is 4.79 Å². The molecule has 0 aliphatic carbocycles. The van der Waals surface area contributed by atoms with Crippen LogP contribution in [-0.2, 0) is 13.0 Å². The topological polar surface area (TPSA) is 60.9 Å². The molecule has 14 heavy (non-hydrogen) atoms. The van der Waals surface area contributed by atoms with E-state index in [1.54, 1.807) is 0 Å². The molecule has 1 aliphatic rings. The highest BCUT2D eigenvalue weighted by molar-refractivity contribution is 9.10. The molecule has 0 spiro atoms. The van der Waals surface area contributed by atoms with Crippen LogP contribution >= 0.6 is 15.9 Å². The van der Waals surface area contributed by atoms with Crippen molar-refractivity contribution in [2.75, 3.05) is 6.54 Å². The number of nitrogens with two attached hydrogens (primary N) is 1. The Morgan fingerprint density at radius 1 is 1.57 bits per heavy atom. The predicted octanol–water partition coefficient (Wildman–Crippen LogP) is 1.12. The maximum Gasteiger partial charge on any atom is 0.195 e. The number of aromatic nitrogens is 2. The Morgan fingerprint density at radius 2 is 2.36 bits per heavy atom. The molecule has 2 heterocycles. The first-order valence-electron chi connectivity index (χ1n) is 4.72. The van der Waals surface area contributed by atoms with Crippen molar-refractivity contribution in [1.82, 2.24) is 9.55 Å². The largest absolute Gasteiger partial charge is 0.325 e. The van der Waals surface area contributed by atoms with Crippen LogP contribution in [0.1, 0.15) is 29.2 Å². The highest BCUT2D eigenvalue weighted by Gasteiger charge is 2.22. The van der Waals surface area contributed by atoms with Gasteiger partial charge >= 0.3 is 0 Å². The normalized spacial score (nSPS) is 15.3. The van der Waals surface area contributed by atoms with Crippen molar-refractivity contribution in [3.8, 4) is 0 Å². The van der Waals surface area contributed by atoms with E-state index in [4.69, 9.17) is 5.73 Å². The zero-order valence-corrected chi connectivity index (χ0v) is 9.38. The predicted molar refractivity (Wildman–Crippen MR) is 56.2 cm³/mol. The summed E-state index contributed by atoms with van der Waals surface area (Å²) in [6.45, 7) is 0.929. The van der Waals surface area contributed by atoms with E-state index < -0.39 is 0 Å². The van der Waals surface area contributed by atoms with E-state index in [-0.39, 0.29) is 12.3 Å². The van der Waals surface area contributed by atoms with E-state index in [1.165, 1.54) is 0 Å². The van der Waals surface area contributed by atoms with Gasteiger partial charge in [0.05, 0.1) is 6.54 Å². The van der Waals surface area contributed by atoms with E-state index in [0.717, 1.165) is 31.6 Å². The number of carbonyl (C=O) groups is 1. The van der Waals surface area contributed by atoms with Crippen LogP contribution in [0.25, 0.3) is 0 Å². The average molecular weight is 258 g/mol. The number of fused-ring (bicyclic) bond motifs is 1. The van der Waals surface area contributed by atoms with E-state index in [9.17, 15) is 4.79 Å². The van der Waals surface area contributed by atoms with Crippen molar-refractivity contribution in [2.24, 2.45) is 5.73 Å². The third-order valence-corrected chi connectivity index (χ3v) is 3.04. The van der Waals surface area contributed by atoms with Crippen LogP contribution in [0.15, 0.2) is 4.60 Å². The van der Waals surface area contributed by atoms with Gasteiger partial charge in [-0.25, -0.2) is 4.98 Å². The van der Waals surface area contributed by atoms with E-state index in [2.05, 4.69) is 20.9 Å². The zero-order chi connectivity index (χ0) is 10.1. The fourth-order valence-corrected chi connectivity index (χ4v) is 2.45. The van der Waals surface area contributed by atoms with Crippen LogP contribution in [0.2, 0.25) is 0 Å². The molecule has 0 saturated heterocycles. The van der Waals surface area contributed by atoms with Gasteiger partial charge in [-0.15, -0.1) is 0 Å². The number of halogens is 1. The van der Waals surface area contributed by atoms with E-state index in [1.807, 2.05) is 4.57 Å². The molecule has 0 bridgehead atoms. The summed E-state index contributed by atoms with van der Waals surface area (Å²) in [7, 11) is 0. The molecule has 1 aromatic rings. The molecule has 2 N–H and O–H groups in total. The molecule has 2 rings (SSSR count). The quantitative estimate of drug-likeness (QED) is 0.809. The summed E-state index contributed by atoms with van der Waals surface area (Å²) in [5, 5.41) is 0. The number of imidazole rings is 1. The first-order valence-corrected chi connectivity index (χ1v) is 5.51. The average Bonchev–Trinajstić information content (AvgIpc) is 2.53. The summed E-state index contributed by atoms with van der Waals surface area (Å²) in [4.78, 5) is 15.9. The van der Waals surface area contributed by atoms with Crippen molar-refractivity contribution >= 4 is 21.7 Å². The molecule has 0 atom stereocenters. The fourth-order valence-electron chi connectivity index (χ4n) is 1.81. The minimum Gasteiger partial charge on any atom is -0.325 e. The first-order chi connectivity index (χ1) is 6.74. The highest BCUT2D eigenvalue weighted by atomic mass is 79.9. The Morgan fingerprint density at radius 3 is 3.07 bits per heavy atom. The Kier molecular flexibility index (Phi) is 2.69.